The number of halogens is 1. The van der Waals surface area contributed by atoms with E-state index in [4.69, 9.17) is 4.42 Å². The van der Waals surface area contributed by atoms with Crippen LogP contribution in [0.4, 0.5) is 10.1 Å². The maximum Gasteiger partial charge on any atom is 0.255 e. The van der Waals surface area contributed by atoms with Crippen molar-refractivity contribution in [3.8, 4) is 22.5 Å². The molecule has 0 spiro atoms. The third-order valence-corrected chi connectivity index (χ3v) is 8.95. The second-order valence-electron chi connectivity index (χ2n) is 10.7. The van der Waals surface area contributed by atoms with E-state index < -0.39 is 15.8 Å². The molecule has 218 valence electrons. The van der Waals surface area contributed by atoms with E-state index >= 15 is 0 Å². The lowest BCUT2D eigenvalue weighted by Gasteiger charge is -2.21. The van der Waals surface area contributed by atoms with Gasteiger partial charge in [0.25, 0.3) is 5.91 Å². The molecule has 2 aromatic heterocycles. The number of benzene rings is 4. The van der Waals surface area contributed by atoms with Gasteiger partial charge in [0.15, 0.2) is 0 Å². The van der Waals surface area contributed by atoms with E-state index in [9.17, 15) is 17.6 Å². The normalized spacial score (nSPS) is 11.7. The number of amides is 1. The summed E-state index contributed by atoms with van der Waals surface area (Å²) in [4.78, 5) is 13.2. The van der Waals surface area contributed by atoms with Gasteiger partial charge in [-0.3, -0.25) is 9.10 Å². The quantitative estimate of drug-likeness (QED) is 0.216. The summed E-state index contributed by atoms with van der Waals surface area (Å²) in [6.45, 7) is 2.73. The van der Waals surface area contributed by atoms with E-state index in [0.29, 0.717) is 34.3 Å². The molecule has 0 aliphatic rings. The van der Waals surface area contributed by atoms with Crippen LogP contribution in [0.5, 0.6) is 0 Å². The fourth-order valence-corrected chi connectivity index (χ4v) is 5.85. The first-order valence-corrected chi connectivity index (χ1v) is 15.6. The Bertz CT molecular complexity index is 2110. The second kappa shape index (κ2) is 10.7. The first-order chi connectivity index (χ1) is 20.5. The van der Waals surface area contributed by atoms with Gasteiger partial charge < -0.3 is 14.3 Å². The lowest BCUT2D eigenvalue weighted by Crippen LogP contribution is -2.25. The maximum atomic E-state index is 13.7. The van der Waals surface area contributed by atoms with Crippen LogP contribution in [0.1, 0.15) is 21.5 Å². The van der Waals surface area contributed by atoms with E-state index in [2.05, 4.69) is 47.1 Å². The van der Waals surface area contributed by atoms with Crippen molar-refractivity contribution in [2.24, 2.45) is 0 Å². The molecule has 7 nitrogen and oxygen atoms in total. The Morgan fingerprint density at radius 1 is 0.953 bits per heavy atom. The van der Waals surface area contributed by atoms with E-state index in [0.717, 1.165) is 28.3 Å². The fourth-order valence-electron chi connectivity index (χ4n) is 5.34. The van der Waals surface area contributed by atoms with Crippen molar-refractivity contribution in [1.82, 2.24) is 9.88 Å². The molecule has 6 aromatic rings. The predicted octanol–water partition coefficient (Wildman–Crippen LogP) is 6.97. The molecular formula is C34H30FN3O4S. The zero-order valence-electron chi connectivity index (χ0n) is 24.2. The Labute approximate surface area is 249 Å². The molecule has 4 aromatic carbocycles. The summed E-state index contributed by atoms with van der Waals surface area (Å²) in [7, 11) is -0.640. The molecule has 0 saturated carbocycles. The van der Waals surface area contributed by atoms with Crippen LogP contribution in [0, 0.1) is 12.7 Å². The summed E-state index contributed by atoms with van der Waals surface area (Å²) in [5, 5.41) is 4.23. The molecule has 2 heterocycles. The third kappa shape index (κ3) is 5.28. The second-order valence-corrected chi connectivity index (χ2v) is 12.7. The van der Waals surface area contributed by atoms with Crippen LogP contribution in [0.2, 0.25) is 0 Å². The molecule has 0 aliphatic heterocycles. The van der Waals surface area contributed by atoms with Crippen LogP contribution in [0.3, 0.4) is 0 Å². The number of anilines is 1. The molecule has 9 heteroatoms. The average molecular weight is 596 g/mol. The highest BCUT2D eigenvalue weighted by Crippen LogP contribution is 2.42. The summed E-state index contributed by atoms with van der Waals surface area (Å²) in [6, 6.07) is 25.5. The molecule has 0 saturated heterocycles. The first kappa shape index (κ1) is 28.2. The number of sulfonamides is 1. The number of nitrogens with zero attached hydrogens (tertiary/aromatic N) is 2. The zero-order chi connectivity index (χ0) is 30.5. The topological polar surface area (TPSA) is 84.6 Å². The Hall–Kier alpha value is -4.89. The summed E-state index contributed by atoms with van der Waals surface area (Å²) in [6.07, 6.45) is 3.18. The number of fused-ring (bicyclic) bond motifs is 2. The van der Waals surface area contributed by atoms with Crippen molar-refractivity contribution < 1.29 is 22.0 Å². The Balaban J connectivity index is 1.58. The molecule has 0 fully saturated rings. The van der Waals surface area contributed by atoms with Gasteiger partial charge in [-0.05, 0) is 65.9 Å². The average Bonchev–Trinajstić information content (AvgIpc) is 3.57. The van der Waals surface area contributed by atoms with Gasteiger partial charge in [0, 0.05) is 54.9 Å². The summed E-state index contributed by atoms with van der Waals surface area (Å²) in [5.41, 5.74) is 6.25. The number of nitrogens with one attached hydrogen (secondary N) is 1. The predicted molar refractivity (Wildman–Crippen MR) is 169 cm³/mol. The number of aryl methyl sites for hydroxylation is 1. The van der Waals surface area contributed by atoms with E-state index in [1.54, 1.807) is 24.3 Å². The van der Waals surface area contributed by atoms with Gasteiger partial charge in [0.1, 0.15) is 17.2 Å². The van der Waals surface area contributed by atoms with Crippen LogP contribution in [0.15, 0.2) is 95.5 Å². The summed E-state index contributed by atoms with van der Waals surface area (Å²) in [5.74, 6) is -0.527. The summed E-state index contributed by atoms with van der Waals surface area (Å²) < 4.78 is 48.8. The highest BCUT2D eigenvalue weighted by molar-refractivity contribution is 7.92. The maximum absolute atomic E-state index is 13.7. The number of hydrogen-bond acceptors (Lipinski definition) is 4. The minimum atomic E-state index is -3.65. The van der Waals surface area contributed by atoms with Gasteiger partial charge >= 0.3 is 0 Å². The Morgan fingerprint density at radius 2 is 1.65 bits per heavy atom. The number of carbonyl (C=O) groups excluding carboxylic acids is 1. The number of aromatic nitrogens is 1. The van der Waals surface area contributed by atoms with Crippen molar-refractivity contribution in [2.45, 2.75) is 13.5 Å². The molecule has 0 atom stereocenters. The van der Waals surface area contributed by atoms with Crippen LogP contribution in [0.25, 0.3) is 44.3 Å². The van der Waals surface area contributed by atoms with Gasteiger partial charge in [-0.2, -0.15) is 0 Å². The third-order valence-electron chi connectivity index (χ3n) is 7.76. The van der Waals surface area contributed by atoms with Crippen molar-refractivity contribution >= 4 is 43.5 Å². The van der Waals surface area contributed by atoms with Crippen LogP contribution in [-0.4, -0.2) is 39.2 Å². The van der Waals surface area contributed by atoms with Gasteiger partial charge in [0.2, 0.25) is 10.0 Å². The monoisotopic (exact) mass is 595 g/mol. The largest absolute Gasteiger partial charge is 0.455 e. The molecule has 6 rings (SSSR count). The number of furan rings is 1. The van der Waals surface area contributed by atoms with Gasteiger partial charge in [-0.1, -0.05) is 42.0 Å². The van der Waals surface area contributed by atoms with Crippen molar-refractivity contribution in [1.29, 1.82) is 0 Å². The first-order valence-electron chi connectivity index (χ1n) is 13.7. The van der Waals surface area contributed by atoms with E-state index in [-0.39, 0.29) is 17.2 Å². The van der Waals surface area contributed by atoms with Crippen molar-refractivity contribution in [2.75, 3.05) is 24.7 Å². The molecule has 0 aliphatic carbocycles. The van der Waals surface area contributed by atoms with Crippen molar-refractivity contribution in [3.63, 3.8) is 0 Å². The molecule has 0 bridgehead atoms. The fraction of sp³-hybridized carbons (Fsp3) is 0.147. The molecule has 43 heavy (non-hydrogen) atoms. The number of rotatable bonds is 7. The molecule has 1 N–H and O–H groups in total. The Morgan fingerprint density at radius 3 is 2.33 bits per heavy atom. The van der Waals surface area contributed by atoms with E-state index in [1.165, 1.54) is 36.1 Å². The van der Waals surface area contributed by atoms with E-state index in [1.807, 2.05) is 24.4 Å². The lowest BCUT2D eigenvalue weighted by atomic mass is 9.98. The molecule has 1 amide bonds. The standard InChI is InChI=1S/C34H30FN3O4S/c1-21-5-7-22(8-6-21)20-38-16-15-23-9-10-25(17-29(23)38)27-18-28-31(19-30(27)37(3)43(4,40)41)42-33(32(28)34(39)36-2)24-11-13-26(35)14-12-24/h5-19H,20H2,1-4H3,(H,36,39). The molecule has 0 unspecified atom stereocenters. The summed E-state index contributed by atoms with van der Waals surface area (Å²) >= 11 is 0. The molecular weight excluding hydrogens is 565 g/mol. The number of hydrogen-bond donors (Lipinski definition) is 1. The highest BCUT2D eigenvalue weighted by atomic mass is 32.2. The minimum absolute atomic E-state index is 0.266. The van der Waals surface area contributed by atoms with Crippen LogP contribution in [-0.2, 0) is 16.6 Å². The van der Waals surface area contributed by atoms with Gasteiger partial charge in [-0.25, -0.2) is 12.8 Å². The van der Waals surface area contributed by atoms with Crippen LogP contribution < -0.4 is 9.62 Å². The smallest absolute Gasteiger partial charge is 0.255 e. The SMILES string of the molecule is CNC(=O)c1c(-c2ccc(F)cc2)oc2cc(N(C)S(C)(=O)=O)c(-c3ccc4ccn(Cc5ccc(C)cc5)c4c3)cc12. The minimum Gasteiger partial charge on any atom is -0.455 e. The Kier molecular flexibility index (Phi) is 7.06. The number of carbonyl (C=O) groups is 1. The molecule has 0 radical (unpaired) electrons. The van der Waals surface area contributed by atoms with Crippen molar-refractivity contribution in [3.05, 3.63) is 114 Å². The lowest BCUT2D eigenvalue weighted by molar-refractivity contribution is 0.0964. The van der Waals surface area contributed by atoms with Gasteiger partial charge in [0.05, 0.1) is 17.5 Å². The zero-order valence-corrected chi connectivity index (χ0v) is 25.0. The van der Waals surface area contributed by atoms with Gasteiger partial charge in [-0.15, -0.1) is 0 Å². The highest BCUT2D eigenvalue weighted by Gasteiger charge is 2.26. The van der Waals surface area contributed by atoms with Crippen LogP contribution >= 0.6 is 0 Å².